The van der Waals surface area contributed by atoms with Gasteiger partial charge in [0.25, 0.3) is 11.8 Å². The number of para-hydroxylation sites is 1. The summed E-state index contributed by atoms with van der Waals surface area (Å²) < 4.78 is 0. The van der Waals surface area contributed by atoms with E-state index in [9.17, 15) is 9.59 Å². The molecule has 0 saturated heterocycles. The molecule has 4 heteroatoms. The van der Waals surface area contributed by atoms with Gasteiger partial charge in [-0.3, -0.25) is 9.59 Å². The zero-order valence-electron chi connectivity index (χ0n) is 12.8. The fraction of sp³-hybridized carbons (Fsp3) is 0.222. The standard InChI is InChI=1S/C18H20N2O2/c1-3-13(2)19-17(21)14-8-7-9-15(12-14)18(22)20-16-10-5-4-6-11-16/h4-13H,3H2,1-2H3,(H,19,21)(H,20,22). The molecule has 1 unspecified atom stereocenters. The summed E-state index contributed by atoms with van der Waals surface area (Å²) in [5, 5.41) is 5.70. The second-order valence-corrected chi connectivity index (χ2v) is 5.18. The first kappa shape index (κ1) is 15.8. The van der Waals surface area contributed by atoms with Crippen LogP contribution in [0.3, 0.4) is 0 Å². The van der Waals surface area contributed by atoms with Gasteiger partial charge >= 0.3 is 0 Å². The summed E-state index contributed by atoms with van der Waals surface area (Å²) in [6.45, 7) is 3.96. The number of hydrogen-bond donors (Lipinski definition) is 2. The van der Waals surface area contributed by atoms with Crippen molar-refractivity contribution in [3.8, 4) is 0 Å². The van der Waals surface area contributed by atoms with E-state index >= 15 is 0 Å². The minimum Gasteiger partial charge on any atom is -0.350 e. The first-order valence-electron chi connectivity index (χ1n) is 7.37. The van der Waals surface area contributed by atoms with Gasteiger partial charge in [0.05, 0.1) is 0 Å². The Morgan fingerprint density at radius 3 is 2.23 bits per heavy atom. The fourth-order valence-electron chi connectivity index (χ4n) is 1.94. The van der Waals surface area contributed by atoms with Crippen LogP contribution in [0.5, 0.6) is 0 Å². The molecule has 0 aliphatic carbocycles. The Labute approximate surface area is 130 Å². The lowest BCUT2D eigenvalue weighted by atomic mass is 10.1. The largest absolute Gasteiger partial charge is 0.350 e. The summed E-state index contributed by atoms with van der Waals surface area (Å²) in [5.41, 5.74) is 1.67. The number of anilines is 1. The number of rotatable bonds is 5. The molecule has 22 heavy (non-hydrogen) atoms. The van der Waals surface area contributed by atoms with Crippen molar-refractivity contribution in [2.75, 3.05) is 5.32 Å². The van der Waals surface area contributed by atoms with Gasteiger partial charge in [0.2, 0.25) is 0 Å². The van der Waals surface area contributed by atoms with E-state index in [0.717, 1.165) is 12.1 Å². The molecule has 0 aliphatic heterocycles. The van der Waals surface area contributed by atoms with Gasteiger partial charge in [-0.25, -0.2) is 0 Å². The summed E-state index contributed by atoms with van der Waals surface area (Å²) in [7, 11) is 0. The van der Waals surface area contributed by atoms with Crippen molar-refractivity contribution < 1.29 is 9.59 Å². The molecule has 0 spiro atoms. The molecule has 2 amide bonds. The predicted molar refractivity (Wildman–Crippen MR) is 88.1 cm³/mol. The quantitative estimate of drug-likeness (QED) is 0.887. The van der Waals surface area contributed by atoms with Crippen molar-refractivity contribution in [3.63, 3.8) is 0 Å². The van der Waals surface area contributed by atoms with Crippen LogP contribution >= 0.6 is 0 Å². The van der Waals surface area contributed by atoms with Gasteiger partial charge in [0.15, 0.2) is 0 Å². The van der Waals surface area contributed by atoms with Gasteiger partial charge in [0.1, 0.15) is 0 Å². The number of benzene rings is 2. The Balaban J connectivity index is 2.11. The Hall–Kier alpha value is -2.62. The van der Waals surface area contributed by atoms with Crippen LogP contribution in [0.15, 0.2) is 54.6 Å². The summed E-state index contributed by atoms with van der Waals surface area (Å²) in [4.78, 5) is 24.3. The average molecular weight is 296 g/mol. The molecule has 0 heterocycles. The topological polar surface area (TPSA) is 58.2 Å². The molecule has 2 N–H and O–H groups in total. The Kier molecular flexibility index (Phi) is 5.31. The number of carbonyl (C=O) groups excluding carboxylic acids is 2. The molecule has 0 bridgehead atoms. The van der Waals surface area contributed by atoms with Crippen LogP contribution in [0.2, 0.25) is 0 Å². The molecule has 0 aliphatic rings. The SMILES string of the molecule is CCC(C)NC(=O)c1cccc(C(=O)Nc2ccccc2)c1. The van der Waals surface area contributed by atoms with E-state index in [1.165, 1.54) is 0 Å². The van der Waals surface area contributed by atoms with Crippen molar-refractivity contribution in [1.82, 2.24) is 5.32 Å². The van der Waals surface area contributed by atoms with Gasteiger partial charge in [-0.05, 0) is 43.7 Å². The molecule has 0 fully saturated rings. The van der Waals surface area contributed by atoms with Gasteiger partial charge < -0.3 is 10.6 Å². The Morgan fingerprint density at radius 2 is 1.59 bits per heavy atom. The second kappa shape index (κ2) is 7.41. The van der Waals surface area contributed by atoms with Crippen LogP contribution < -0.4 is 10.6 Å². The van der Waals surface area contributed by atoms with E-state index in [-0.39, 0.29) is 17.9 Å². The molecule has 0 aromatic heterocycles. The molecular weight excluding hydrogens is 276 g/mol. The molecule has 114 valence electrons. The van der Waals surface area contributed by atoms with Crippen LogP contribution in [-0.4, -0.2) is 17.9 Å². The lowest BCUT2D eigenvalue weighted by Crippen LogP contribution is -2.32. The molecule has 1 atom stereocenters. The van der Waals surface area contributed by atoms with Gasteiger partial charge in [-0.1, -0.05) is 31.2 Å². The maximum absolute atomic E-state index is 12.2. The van der Waals surface area contributed by atoms with Crippen molar-refractivity contribution in [3.05, 3.63) is 65.7 Å². The summed E-state index contributed by atoms with van der Waals surface area (Å²) in [6.07, 6.45) is 0.861. The molecule has 2 aromatic rings. The van der Waals surface area contributed by atoms with Crippen LogP contribution in [0.4, 0.5) is 5.69 Å². The van der Waals surface area contributed by atoms with Crippen LogP contribution in [0, 0.1) is 0 Å². The molecule has 2 rings (SSSR count). The zero-order chi connectivity index (χ0) is 15.9. The lowest BCUT2D eigenvalue weighted by Gasteiger charge is -2.12. The Morgan fingerprint density at radius 1 is 0.955 bits per heavy atom. The number of carbonyl (C=O) groups is 2. The van der Waals surface area contributed by atoms with Crippen molar-refractivity contribution in [2.45, 2.75) is 26.3 Å². The predicted octanol–water partition coefficient (Wildman–Crippen LogP) is 3.47. The summed E-state index contributed by atoms with van der Waals surface area (Å²) in [5.74, 6) is -0.395. The highest BCUT2D eigenvalue weighted by molar-refractivity contribution is 6.06. The van der Waals surface area contributed by atoms with E-state index in [1.807, 2.05) is 44.2 Å². The first-order chi connectivity index (χ1) is 10.6. The number of hydrogen-bond acceptors (Lipinski definition) is 2. The number of nitrogens with one attached hydrogen (secondary N) is 2. The van der Waals surface area contributed by atoms with E-state index in [2.05, 4.69) is 10.6 Å². The zero-order valence-corrected chi connectivity index (χ0v) is 12.8. The number of amides is 2. The van der Waals surface area contributed by atoms with Gasteiger partial charge in [0, 0.05) is 22.9 Å². The monoisotopic (exact) mass is 296 g/mol. The smallest absolute Gasteiger partial charge is 0.255 e. The van der Waals surface area contributed by atoms with E-state index in [1.54, 1.807) is 24.3 Å². The van der Waals surface area contributed by atoms with Crippen molar-refractivity contribution in [1.29, 1.82) is 0 Å². The molecule has 0 radical (unpaired) electrons. The molecule has 0 saturated carbocycles. The van der Waals surface area contributed by atoms with Gasteiger partial charge in [-0.2, -0.15) is 0 Å². The highest BCUT2D eigenvalue weighted by Crippen LogP contribution is 2.11. The normalized spacial score (nSPS) is 11.5. The fourth-order valence-corrected chi connectivity index (χ4v) is 1.94. The maximum Gasteiger partial charge on any atom is 0.255 e. The van der Waals surface area contributed by atoms with Crippen molar-refractivity contribution >= 4 is 17.5 Å². The van der Waals surface area contributed by atoms with E-state index in [0.29, 0.717) is 11.1 Å². The molecule has 2 aromatic carbocycles. The minimum atomic E-state index is -0.232. The molecule has 4 nitrogen and oxygen atoms in total. The van der Waals surface area contributed by atoms with Gasteiger partial charge in [-0.15, -0.1) is 0 Å². The maximum atomic E-state index is 12.2. The second-order valence-electron chi connectivity index (χ2n) is 5.18. The average Bonchev–Trinajstić information content (AvgIpc) is 2.55. The third kappa shape index (κ3) is 4.19. The van der Waals surface area contributed by atoms with Crippen molar-refractivity contribution in [2.24, 2.45) is 0 Å². The lowest BCUT2D eigenvalue weighted by molar-refractivity contribution is 0.0939. The summed E-state index contributed by atoms with van der Waals surface area (Å²) >= 11 is 0. The first-order valence-corrected chi connectivity index (χ1v) is 7.37. The highest BCUT2D eigenvalue weighted by atomic mass is 16.2. The van der Waals surface area contributed by atoms with E-state index in [4.69, 9.17) is 0 Å². The van der Waals surface area contributed by atoms with E-state index < -0.39 is 0 Å². The van der Waals surface area contributed by atoms with Crippen LogP contribution in [0.1, 0.15) is 41.0 Å². The van der Waals surface area contributed by atoms with Crippen LogP contribution in [-0.2, 0) is 0 Å². The highest BCUT2D eigenvalue weighted by Gasteiger charge is 2.12. The van der Waals surface area contributed by atoms with Crippen LogP contribution in [0.25, 0.3) is 0 Å². The summed E-state index contributed by atoms with van der Waals surface area (Å²) in [6, 6.07) is 16.0. The third-order valence-corrected chi connectivity index (χ3v) is 3.41. The Bertz CT molecular complexity index is 653. The third-order valence-electron chi connectivity index (χ3n) is 3.41. The molecular formula is C18H20N2O2. The minimum absolute atomic E-state index is 0.106.